The lowest BCUT2D eigenvalue weighted by molar-refractivity contribution is -0.143. The monoisotopic (exact) mass is 352 g/mol. The van der Waals surface area contributed by atoms with Crippen LogP contribution in [-0.4, -0.2) is 41.8 Å². The number of para-hydroxylation sites is 2. The van der Waals surface area contributed by atoms with Gasteiger partial charge in [-0.25, -0.2) is 9.59 Å². The molecule has 3 N–H and O–H groups in total. The standard InChI is InChI=1S/C17H24N2O6/c1-17(2,3)25-16(23)19-12(15(22)24-4)9-10-14(21)18-11-7-5-6-8-13(11)20/h5-8,12,20H,9-10H2,1-4H3,(H,18,21)(H,19,23)/t12-/m0/s1. The van der Waals surface area contributed by atoms with E-state index in [0.717, 1.165) is 0 Å². The van der Waals surface area contributed by atoms with Crippen LogP contribution in [0, 0.1) is 0 Å². The van der Waals surface area contributed by atoms with Crippen LogP contribution in [0.1, 0.15) is 33.6 Å². The summed E-state index contributed by atoms with van der Waals surface area (Å²) >= 11 is 0. The Kier molecular flexibility index (Phi) is 7.22. The number of hydrogen-bond donors (Lipinski definition) is 3. The summed E-state index contributed by atoms with van der Waals surface area (Å²) in [6, 6.07) is 5.26. The molecule has 138 valence electrons. The Labute approximate surface area is 146 Å². The number of esters is 1. The van der Waals surface area contributed by atoms with Crippen LogP contribution in [0.2, 0.25) is 0 Å². The van der Waals surface area contributed by atoms with Gasteiger partial charge in [-0.05, 0) is 39.3 Å². The van der Waals surface area contributed by atoms with Gasteiger partial charge in [-0.15, -0.1) is 0 Å². The lowest BCUT2D eigenvalue weighted by Gasteiger charge is -2.22. The van der Waals surface area contributed by atoms with Gasteiger partial charge >= 0.3 is 12.1 Å². The number of phenols is 1. The first kappa shape index (κ1) is 20.3. The van der Waals surface area contributed by atoms with Crippen molar-refractivity contribution in [1.82, 2.24) is 5.32 Å². The maximum absolute atomic E-state index is 12.0. The highest BCUT2D eigenvalue weighted by molar-refractivity contribution is 5.92. The van der Waals surface area contributed by atoms with Crippen molar-refractivity contribution < 1.29 is 29.0 Å². The first-order valence-electron chi connectivity index (χ1n) is 7.77. The van der Waals surface area contributed by atoms with Crippen molar-refractivity contribution in [3.63, 3.8) is 0 Å². The minimum absolute atomic E-state index is 0.0192. The van der Waals surface area contributed by atoms with Crippen molar-refractivity contribution in [2.75, 3.05) is 12.4 Å². The fourth-order valence-corrected chi connectivity index (χ4v) is 1.91. The summed E-state index contributed by atoms with van der Waals surface area (Å²) in [5.74, 6) is -1.16. The first-order valence-corrected chi connectivity index (χ1v) is 7.77. The van der Waals surface area contributed by atoms with Crippen LogP contribution < -0.4 is 10.6 Å². The van der Waals surface area contributed by atoms with E-state index >= 15 is 0 Å². The molecular weight excluding hydrogens is 328 g/mol. The Morgan fingerprint density at radius 2 is 1.84 bits per heavy atom. The lowest BCUT2D eigenvalue weighted by Crippen LogP contribution is -2.44. The number of benzene rings is 1. The maximum atomic E-state index is 12.0. The summed E-state index contributed by atoms with van der Waals surface area (Å²) in [7, 11) is 1.19. The third-order valence-electron chi connectivity index (χ3n) is 3.01. The van der Waals surface area contributed by atoms with Gasteiger partial charge in [0.1, 0.15) is 17.4 Å². The minimum atomic E-state index is -1.02. The molecule has 8 heteroatoms. The molecular formula is C17H24N2O6. The summed E-state index contributed by atoms with van der Waals surface area (Å²) < 4.78 is 9.72. The second kappa shape index (κ2) is 8.91. The molecule has 0 fully saturated rings. The molecule has 1 rings (SSSR count). The minimum Gasteiger partial charge on any atom is -0.506 e. The van der Waals surface area contributed by atoms with Crippen LogP contribution in [-0.2, 0) is 19.1 Å². The Morgan fingerprint density at radius 3 is 2.40 bits per heavy atom. The fraction of sp³-hybridized carbons (Fsp3) is 0.471. The number of phenolic OH excluding ortho intramolecular Hbond substituents is 1. The number of amides is 2. The van der Waals surface area contributed by atoms with E-state index in [9.17, 15) is 19.5 Å². The number of carbonyl (C=O) groups excluding carboxylic acids is 3. The molecule has 8 nitrogen and oxygen atoms in total. The maximum Gasteiger partial charge on any atom is 0.408 e. The van der Waals surface area contributed by atoms with E-state index in [0.29, 0.717) is 0 Å². The van der Waals surface area contributed by atoms with Gasteiger partial charge in [-0.3, -0.25) is 4.79 Å². The summed E-state index contributed by atoms with van der Waals surface area (Å²) in [6.07, 6.45) is -0.820. The van der Waals surface area contributed by atoms with Crippen LogP contribution in [0.4, 0.5) is 10.5 Å². The molecule has 0 aliphatic rings. The van der Waals surface area contributed by atoms with Gasteiger partial charge in [-0.1, -0.05) is 12.1 Å². The summed E-state index contributed by atoms with van der Waals surface area (Å²) in [4.78, 5) is 35.5. The molecule has 0 aliphatic carbocycles. The molecule has 0 radical (unpaired) electrons. The van der Waals surface area contributed by atoms with Crippen molar-refractivity contribution >= 4 is 23.7 Å². The highest BCUT2D eigenvalue weighted by Crippen LogP contribution is 2.21. The predicted molar refractivity (Wildman–Crippen MR) is 91.1 cm³/mol. The summed E-state index contributed by atoms with van der Waals surface area (Å²) in [5.41, 5.74) is -0.449. The van der Waals surface area contributed by atoms with E-state index in [2.05, 4.69) is 15.4 Å². The van der Waals surface area contributed by atoms with Crippen molar-refractivity contribution in [2.24, 2.45) is 0 Å². The smallest absolute Gasteiger partial charge is 0.408 e. The molecule has 0 saturated heterocycles. The SMILES string of the molecule is COC(=O)[C@H](CCC(=O)Nc1ccccc1O)NC(=O)OC(C)(C)C. The zero-order chi connectivity index (χ0) is 19.0. The summed E-state index contributed by atoms with van der Waals surface area (Å²) in [5, 5.41) is 14.5. The molecule has 0 spiro atoms. The number of ether oxygens (including phenoxy) is 2. The molecule has 0 unspecified atom stereocenters. The van der Waals surface area contributed by atoms with Crippen LogP contribution >= 0.6 is 0 Å². The van der Waals surface area contributed by atoms with Crippen molar-refractivity contribution in [3.8, 4) is 5.75 Å². The van der Waals surface area contributed by atoms with E-state index in [-0.39, 0.29) is 24.3 Å². The number of aromatic hydroxyl groups is 1. The molecule has 0 bridgehead atoms. The zero-order valence-corrected chi connectivity index (χ0v) is 14.8. The fourth-order valence-electron chi connectivity index (χ4n) is 1.91. The number of methoxy groups -OCH3 is 1. The average Bonchev–Trinajstić information content (AvgIpc) is 2.51. The van der Waals surface area contributed by atoms with Gasteiger partial charge in [0.25, 0.3) is 0 Å². The second-order valence-corrected chi connectivity index (χ2v) is 6.33. The molecule has 1 aromatic rings. The molecule has 0 heterocycles. The Bertz CT molecular complexity index is 624. The number of hydrogen-bond acceptors (Lipinski definition) is 6. The molecule has 1 aromatic carbocycles. The van der Waals surface area contributed by atoms with Crippen LogP contribution in [0.3, 0.4) is 0 Å². The second-order valence-electron chi connectivity index (χ2n) is 6.33. The number of rotatable bonds is 6. The van der Waals surface area contributed by atoms with Gasteiger partial charge in [-0.2, -0.15) is 0 Å². The Hall–Kier alpha value is -2.77. The highest BCUT2D eigenvalue weighted by atomic mass is 16.6. The zero-order valence-electron chi connectivity index (χ0n) is 14.8. The van der Waals surface area contributed by atoms with Crippen LogP contribution in [0.25, 0.3) is 0 Å². The topological polar surface area (TPSA) is 114 Å². The Balaban J connectivity index is 2.61. The lowest BCUT2D eigenvalue weighted by atomic mass is 10.1. The van der Waals surface area contributed by atoms with Gasteiger partial charge in [0.05, 0.1) is 12.8 Å². The number of alkyl carbamates (subject to hydrolysis) is 1. The van der Waals surface area contributed by atoms with E-state index in [4.69, 9.17) is 4.74 Å². The molecule has 1 atom stereocenters. The van der Waals surface area contributed by atoms with E-state index < -0.39 is 29.6 Å². The third-order valence-corrected chi connectivity index (χ3v) is 3.01. The molecule has 0 aromatic heterocycles. The number of anilines is 1. The average molecular weight is 352 g/mol. The summed E-state index contributed by atoms with van der Waals surface area (Å²) in [6.45, 7) is 5.08. The molecule has 25 heavy (non-hydrogen) atoms. The van der Waals surface area contributed by atoms with E-state index in [1.165, 1.54) is 13.2 Å². The molecule has 0 aliphatic heterocycles. The number of carbonyl (C=O) groups is 3. The van der Waals surface area contributed by atoms with Crippen LogP contribution in [0.5, 0.6) is 5.75 Å². The normalized spacial score (nSPS) is 12.0. The van der Waals surface area contributed by atoms with Crippen molar-refractivity contribution in [1.29, 1.82) is 0 Å². The quantitative estimate of drug-likeness (QED) is 0.534. The Morgan fingerprint density at radius 1 is 1.20 bits per heavy atom. The number of nitrogens with one attached hydrogen (secondary N) is 2. The first-order chi connectivity index (χ1) is 11.6. The van der Waals surface area contributed by atoms with Gasteiger partial charge in [0.15, 0.2) is 0 Å². The predicted octanol–water partition coefficient (Wildman–Crippen LogP) is 2.18. The third kappa shape index (κ3) is 7.56. The molecule has 2 amide bonds. The van der Waals surface area contributed by atoms with Gasteiger partial charge in [0, 0.05) is 6.42 Å². The van der Waals surface area contributed by atoms with Crippen LogP contribution in [0.15, 0.2) is 24.3 Å². The van der Waals surface area contributed by atoms with E-state index in [1.807, 2.05) is 0 Å². The molecule has 0 saturated carbocycles. The largest absolute Gasteiger partial charge is 0.506 e. The van der Waals surface area contributed by atoms with Crippen molar-refractivity contribution in [2.45, 2.75) is 45.3 Å². The van der Waals surface area contributed by atoms with Gasteiger partial charge in [0.2, 0.25) is 5.91 Å². The van der Waals surface area contributed by atoms with E-state index in [1.54, 1.807) is 39.0 Å². The van der Waals surface area contributed by atoms with Crippen molar-refractivity contribution in [3.05, 3.63) is 24.3 Å². The highest BCUT2D eigenvalue weighted by Gasteiger charge is 2.25. The van der Waals surface area contributed by atoms with Gasteiger partial charge < -0.3 is 25.2 Å².